The highest BCUT2D eigenvalue weighted by molar-refractivity contribution is 5.85. The first-order valence-corrected chi connectivity index (χ1v) is 8.41. The van der Waals surface area contributed by atoms with Crippen molar-refractivity contribution in [2.75, 3.05) is 39.8 Å². The number of amides is 1. The van der Waals surface area contributed by atoms with Crippen molar-refractivity contribution in [3.8, 4) is 0 Å². The van der Waals surface area contributed by atoms with Crippen LogP contribution in [0.4, 0.5) is 0 Å². The van der Waals surface area contributed by atoms with E-state index < -0.39 is 0 Å². The third kappa shape index (κ3) is 5.42. The normalized spacial score (nSPS) is 24.7. The number of carbonyl (C=O) groups excluding carboxylic acids is 1. The average molecular weight is 318 g/mol. The summed E-state index contributed by atoms with van der Waals surface area (Å²) in [6, 6.07) is 0.498. The van der Waals surface area contributed by atoms with Crippen LogP contribution in [0.15, 0.2) is 0 Å². The van der Waals surface area contributed by atoms with Crippen molar-refractivity contribution in [1.82, 2.24) is 15.1 Å². The van der Waals surface area contributed by atoms with E-state index in [4.69, 9.17) is 0 Å². The van der Waals surface area contributed by atoms with E-state index in [0.29, 0.717) is 18.5 Å². The summed E-state index contributed by atoms with van der Waals surface area (Å²) in [7, 11) is 2.02. The fourth-order valence-electron chi connectivity index (χ4n) is 3.67. The van der Waals surface area contributed by atoms with Gasteiger partial charge in [-0.3, -0.25) is 9.69 Å². The maximum atomic E-state index is 12.5. The van der Waals surface area contributed by atoms with Gasteiger partial charge in [0, 0.05) is 12.6 Å². The molecular formula is C16H32ClN3O. The molecule has 2 aliphatic rings. The van der Waals surface area contributed by atoms with Crippen LogP contribution in [0, 0.1) is 5.92 Å². The topological polar surface area (TPSA) is 35.6 Å². The van der Waals surface area contributed by atoms with E-state index in [0.717, 1.165) is 38.5 Å². The zero-order valence-electron chi connectivity index (χ0n) is 13.6. The Labute approximate surface area is 136 Å². The van der Waals surface area contributed by atoms with Crippen molar-refractivity contribution in [2.45, 2.75) is 51.5 Å². The number of rotatable bonds is 5. The van der Waals surface area contributed by atoms with E-state index in [9.17, 15) is 4.79 Å². The predicted molar refractivity (Wildman–Crippen MR) is 90.0 cm³/mol. The Hall–Kier alpha value is -0.320. The Morgan fingerprint density at radius 2 is 1.86 bits per heavy atom. The first-order valence-electron chi connectivity index (χ1n) is 8.41. The lowest BCUT2D eigenvalue weighted by Crippen LogP contribution is -2.49. The van der Waals surface area contributed by atoms with E-state index in [1.165, 1.54) is 32.1 Å². The summed E-state index contributed by atoms with van der Waals surface area (Å²) in [6.07, 6.45) is 7.24. The maximum absolute atomic E-state index is 12.5. The average Bonchev–Trinajstić information content (AvgIpc) is 2.49. The van der Waals surface area contributed by atoms with Crippen LogP contribution in [0.2, 0.25) is 0 Å². The van der Waals surface area contributed by atoms with Crippen molar-refractivity contribution in [3.63, 3.8) is 0 Å². The SMILES string of the molecule is CCC1CCCCN1C(=O)CN1CCC(CNC)CC1.Cl. The molecule has 2 rings (SSSR count). The number of carbonyl (C=O) groups is 1. The van der Waals surface area contributed by atoms with Gasteiger partial charge in [-0.15, -0.1) is 12.4 Å². The Balaban J connectivity index is 0.00000220. The number of hydrogen-bond acceptors (Lipinski definition) is 3. The molecule has 0 saturated carbocycles. The highest BCUT2D eigenvalue weighted by Crippen LogP contribution is 2.21. The number of hydrogen-bond donors (Lipinski definition) is 1. The fourth-order valence-corrected chi connectivity index (χ4v) is 3.67. The number of likely N-dealkylation sites (tertiary alicyclic amines) is 2. The molecule has 2 heterocycles. The molecule has 4 nitrogen and oxygen atoms in total. The minimum absolute atomic E-state index is 0. The van der Waals surface area contributed by atoms with Crippen LogP contribution in [-0.2, 0) is 4.79 Å². The summed E-state index contributed by atoms with van der Waals surface area (Å²) in [5.74, 6) is 1.16. The van der Waals surface area contributed by atoms with Crippen molar-refractivity contribution < 1.29 is 4.79 Å². The summed E-state index contributed by atoms with van der Waals surface area (Å²) in [5.41, 5.74) is 0. The van der Waals surface area contributed by atoms with Crippen LogP contribution >= 0.6 is 12.4 Å². The lowest BCUT2D eigenvalue weighted by molar-refractivity contribution is -0.136. The standard InChI is InChI=1S/C16H31N3O.ClH/c1-3-15-6-4-5-9-19(15)16(20)13-18-10-7-14(8-11-18)12-17-2;/h14-15,17H,3-13H2,1-2H3;1H. The van der Waals surface area contributed by atoms with E-state index in [2.05, 4.69) is 22.0 Å². The predicted octanol–water partition coefficient (Wildman–Crippen LogP) is 2.13. The largest absolute Gasteiger partial charge is 0.339 e. The highest BCUT2D eigenvalue weighted by atomic mass is 35.5. The number of halogens is 1. The smallest absolute Gasteiger partial charge is 0.236 e. The maximum Gasteiger partial charge on any atom is 0.236 e. The van der Waals surface area contributed by atoms with Gasteiger partial charge in [0.15, 0.2) is 0 Å². The minimum Gasteiger partial charge on any atom is -0.339 e. The van der Waals surface area contributed by atoms with Gasteiger partial charge < -0.3 is 10.2 Å². The molecule has 0 aliphatic carbocycles. The second-order valence-electron chi connectivity index (χ2n) is 6.42. The summed E-state index contributed by atoms with van der Waals surface area (Å²) >= 11 is 0. The lowest BCUT2D eigenvalue weighted by atomic mass is 9.96. The molecule has 1 atom stereocenters. The number of nitrogens with zero attached hydrogens (tertiary/aromatic N) is 2. The van der Waals surface area contributed by atoms with Gasteiger partial charge in [0.05, 0.1) is 6.54 Å². The van der Waals surface area contributed by atoms with Gasteiger partial charge in [0.25, 0.3) is 0 Å². The number of nitrogens with one attached hydrogen (secondary N) is 1. The second-order valence-corrected chi connectivity index (χ2v) is 6.42. The van der Waals surface area contributed by atoms with E-state index in [1.807, 2.05) is 7.05 Å². The molecule has 1 unspecified atom stereocenters. The van der Waals surface area contributed by atoms with Gasteiger partial charge >= 0.3 is 0 Å². The molecule has 21 heavy (non-hydrogen) atoms. The molecule has 1 N–H and O–H groups in total. The molecule has 0 aromatic heterocycles. The molecule has 0 spiro atoms. The highest BCUT2D eigenvalue weighted by Gasteiger charge is 2.27. The van der Waals surface area contributed by atoms with Crippen molar-refractivity contribution in [1.29, 1.82) is 0 Å². The first kappa shape index (κ1) is 18.7. The van der Waals surface area contributed by atoms with Crippen LogP contribution in [0.3, 0.4) is 0 Å². The Morgan fingerprint density at radius 3 is 2.48 bits per heavy atom. The zero-order valence-corrected chi connectivity index (χ0v) is 14.5. The minimum atomic E-state index is 0. The van der Waals surface area contributed by atoms with Crippen molar-refractivity contribution >= 4 is 18.3 Å². The van der Waals surface area contributed by atoms with Gasteiger partial charge in [0.2, 0.25) is 5.91 Å². The van der Waals surface area contributed by atoms with Gasteiger partial charge in [-0.05, 0) is 71.1 Å². The molecule has 0 aromatic rings. The Kier molecular flexibility index (Phi) is 8.60. The number of piperidine rings is 2. The summed E-state index contributed by atoms with van der Waals surface area (Å²) in [6.45, 7) is 7.12. The van der Waals surface area contributed by atoms with Crippen LogP contribution in [-0.4, -0.2) is 61.5 Å². The zero-order chi connectivity index (χ0) is 14.4. The molecule has 0 aromatic carbocycles. The van der Waals surface area contributed by atoms with Gasteiger partial charge in [-0.1, -0.05) is 6.92 Å². The Morgan fingerprint density at radius 1 is 1.14 bits per heavy atom. The van der Waals surface area contributed by atoms with Crippen molar-refractivity contribution in [3.05, 3.63) is 0 Å². The molecule has 2 saturated heterocycles. The lowest BCUT2D eigenvalue weighted by Gasteiger charge is -2.38. The quantitative estimate of drug-likeness (QED) is 0.844. The van der Waals surface area contributed by atoms with Gasteiger partial charge in [-0.25, -0.2) is 0 Å². The molecule has 2 fully saturated rings. The third-order valence-electron chi connectivity index (χ3n) is 4.98. The van der Waals surface area contributed by atoms with Crippen molar-refractivity contribution in [2.24, 2.45) is 5.92 Å². The third-order valence-corrected chi connectivity index (χ3v) is 4.98. The fraction of sp³-hybridized carbons (Fsp3) is 0.938. The summed E-state index contributed by atoms with van der Waals surface area (Å²) < 4.78 is 0. The van der Waals surface area contributed by atoms with E-state index >= 15 is 0 Å². The van der Waals surface area contributed by atoms with Gasteiger partial charge in [0.1, 0.15) is 0 Å². The van der Waals surface area contributed by atoms with Gasteiger partial charge in [-0.2, -0.15) is 0 Å². The molecule has 0 bridgehead atoms. The van der Waals surface area contributed by atoms with Crippen LogP contribution < -0.4 is 5.32 Å². The molecule has 5 heteroatoms. The molecule has 2 aliphatic heterocycles. The summed E-state index contributed by atoms with van der Waals surface area (Å²) in [4.78, 5) is 17.0. The second kappa shape index (κ2) is 9.65. The molecular weight excluding hydrogens is 286 g/mol. The van der Waals surface area contributed by atoms with E-state index in [-0.39, 0.29) is 12.4 Å². The van der Waals surface area contributed by atoms with Crippen LogP contribution in [0.25, 0.3) is 0 Å². The monoisotopic (exact) mass is 317 g/mol. The first-order chi connectivity index (χ1) is 9.74. The van der Waals surface area contributed by atoms with Crippen LogP contribution in [0.5, 0.6) is 0 Å². The molecule has 124 valence electrons. The summed E-state index contributed by atoms with van der Waals surface area (Å²) in [5, 5.41) is 3.26. The Bertz CT molecular complexity index is 306. The molecule has 0 radical (unpaired) electrons. The van der Waals surface area contributed by atoms with Crippen LogP contribution in [0.1, 0.15) is 45.4 Å². The molecule has 1 amide bonds. The van der Waals surface area contributed by atoms with E-state index in [1.54, 1.807) is 0 Å².